The first kappa shape index (κ1) is 38.3. The second-order valence-electron chi connectivity index (χ2n) is 15.1. The zero-order chi connectivity index (χ0) is 39.6. The van der Waals surface area contributed by atoms with E-state index < -0.39 is 6.04 Å². The minimum atomic E-state index is -0.602. The van der Waals surface area contributed by atoms with Gasteiger partial charge in [0.15, 0.2) is 5.78 Å². The van der Waals surface area contributed by atoms with E-state index in [2.05, 4.69) is 74.7 Å². The van der Waals surface area contributed by atoms with E-state index in [0.29, 0.717) is 57.7 Å². The zero-order valence-electron chi connectivity index (χ0n) is 32.1. The highest BCUT2D eigenvalue weighted by molar-refractivity contribution is 9.10. The monoisotopic (exact) mass is 835 g/mol. The van der Waals surface area contributed by atoms with E-state index in [1.807, 2.05) is 36.4 Å². The number of carbonyl (C=O) groups excluding carboxylic acids is 4. The van der Waals surface area contributed by atoms with Crippen LogP contribution in [0.3, 0.4) is 0 Å². The van der Waals surface area contributed by atoms with Gasteiger partial charge in [0, 0.05) is 93.5 Å². The van der Waals surface area contributed by atoms with Crippen molar-refractivity contribution in [2.24, 2.45) is 5.92 Å². The molecule has 1 unspecified atom stereocenters. The number of Topliss-reactive ketones (excluding diaryl/α,β-unsaturated/α-hetero) is 1. The largest absolute Gasteiger partial charge is 0.494 e. The molecule has 3 aromatic carbocycles. The first-order valence-electron chi connectivity index (χ1n) is 19.5. The Hall–Kier alpha value is -5.54. The van der Waals surface area contributed by atoms with Crippen LogP contribution in [-0.4, -0.2) is 102 Å². The van der Waals surface area contributed by atoms with E-state index in [0.717, 1.165) is 81.3 Å². The predicted octanol–water partition coefficient (Wildman–Crippen LogP) is 5.74. The first-order valence-corrected chi connectivity index (χ1v) is 20.3. The molecular weight excluding hydrogens is 790 g/mol. The summed E-state index contributed by atoms with van der Waals surface area (Å²) in [6, 6.07) is 18.9. The van der Waals surface area contributed by atoms with Crippen molar-refractivity contribution in [3.63, 3.8) is 0 Å². The van der Waals surface area contributed by atoms with Gasteiger partial charge in [-0.25, -0.2) is 4.98 Å². The van der Waals surface area contributed by atoms with Gasteiger partial charge in [0.2, 0.25) is 17.8 Å². The number of fused-ring (bicyclic) bond motifs is 1. The number of ether oxygens (including phenoxy) is 1. The number of hydrogen-bond acceptors (Lipinski definition) is 12. The minimum Gasteiger partial charge on any atom is -0.494 e. The number of benzene rings is 3. The van der Waals surface area contributed by atoms with Crippen molar-refractivity contribution in [1.29, 1.82) is 0 Å². The Morgan fingerprint density at radius 3 is 2.39 bits per heavy atom. The van der Waals surface area contributed by atoms with Crippen molar-refractivity contribution in [1.82, 2.24) is 25.1 Å². The molecule has 14 nitrogen and oxygen atoms in total. The molecule has 3 amide bonds. The van der Waals surface area contributed by atoms with Crippen LogP contribution in [-0.2, 0) is 16.1 Å². The molecule has 3 N–H and O–H groups in total. The summed E-state index contributed by atoms with van der Waals surface area (Å²) in [6.07, 6.45) is 4.50. The number of amides is 3. The number of hydrogen-bond donors (Lipinski definition) is 3. The summed E-state index contributed by atoms with van der Waals surface area (Å²) >= 11 is 3.52. The standard InChI is InChI=1S/C42H46BrN9O5/c1-26(53)31-5-3-4-6-34(31)45-39-33(43)23-44-42(48-39)46-35-10-8-30(22-37(35)57-2)50-15-13-27(14-16-50)24-49-17-19-51(20-18-49)29-7-9-32-28(21-29)25-52(41(32)56)36-11-12-38(54)47-40(36)55/h3-10,21-23,27,36H,11-20,24-25H2,1-2H3,(H,47,54,55)(H2,44,45,46,48). The van der Waals surface area contributed by atoms with Crippen LogP contribution >= 0.6 is 15.9 Å². The van der Waals surface area contributed by atoms with Gasteiger partial charge in [-0.05, 0) is 96.1 Å². The zero-order valence-corrected chi connectivity index (χ0v) is 33.7. The third-order valence-electron chi connectivity index (χ3n) is 11.5. The molecule has 5 heterocycles. The molecule has 4 aliphatic rings. The minimum absolute atomic E-state index is 0.0386. The fourth-order valence-electron chi connectivity index (χ4n) is 8.33. The van der Waals surface area contributed by atoms with Gasteiger partial charge in [-0.3, -0.25) is 29.4 Å². The van der Waals surface area contributed by atoms with Gasteiger partial charge in [-0.2, -0.15) is 4.98 Å². The van der Waals surface area contributed by atoms with E-state index >= 15 is 0 Å². The maximum atomic E-state index is 13.1. The SMILES string of the molecule is COc1cc(N2CCC(CN3CCN(c4ccc5c(c4)CN(C4CCC(=O)NC4=O)C5=O)CC3)CC2)ccc1Nc1ncc(Br)c(Nc2ccccc2C(C)=O)n1. The lowest BCUT2D eigenvalue weighted by Gasteiger charge is -2.40. The molecule has 0 saturated carbocycles. The van der Waals surface area contributed by atoms with Crippen molar-refractivity contribution < 1.29 is 23.9 Å². The molecule has 0 radical (unpaired) electrons. The van der Waals surface area contributed by atoms with Crippen LogP contribution in [0.2, 0.25) is 0 Å². The molecule has 0 aliphatic carbocycles. The summed E-state index contributed by atoms with van der Waals surface area (Å²) in [7, 11) is 1.66. The normalized spacial score (nSPS) is 19.0. The van der Waals surface area contributed by atoms with Crippen LogP contribution in [0.25, 0.3) is 0 Å². The molecule has 57 heavy (non-hydrogen) atoms. The molecule has 3 fully saturated rings. The van der Waals surface area contributed by atoms with E-state index in [4.69, 9.17) is 4.74 Å². The van der Waals surface area contributed by atoms with Gasteiger partial charge < -0.3 is 30.1 Å². The van der Waals surface area contributed by atoms with Gasteiger partial charge in [0.05, 0.1) is 23.0 Å². The van der Waals surface area contributed by atoms with Gasteiger partial charge in [0.1, 0.15) is 17.6 Å². The number of ketones is 1. The highest BCUT2D eigenvalue weighted by Crippen LogP contribution is 2.35. The Bertz CT molecular complexity index is 2200. The van der Waals surface area contributed by atoms with Crippen molar-refractivity contribution in [3.05, 3.63) is 88.0 Å². The van der Waals surface area contributed by atoms with Crippen LogP contribution in [0.15, 0.2) is 71.3 Å². The maximum Gasteiger partial charge on any atom is 0.255 e. The fourth-order valence-corrected chi connectivity index (χ4v) is 8.62. The number of carbonyl (C=O) groups is 4. The molecule has 0 bridgehead atoms. The van der Waals surface area contributed by atoms with Crippen molar-refractivity contribution in [2.75, 3.05) is 73.4 Å². The van der Waals surface area contributed by atoms with Gasteiger partial charge in [-0.15, -0.1) is 0 Å². The maximum absolute atomic E-state index is 13.1. The lowest BCUT2D eigenvalue weighted by molar-refractivity contribution is -0.136. The second kappa shape index (κ2) is 16.5. The quantitative estimate of drug-likeness (QED) is 0.125. The van der Waals surface area contributed by atoms with Crippen LogP contribution in [0, 0.1) is 5.92 Å². The number of piperazine rings is 1. The number of imide groups is 1. The molecule has 296 valence electrons. The molecular formula is C42H46BrN9O5. The second-order valence-corrected chi connectivity index (χ2v) is 15.9. The van der Waals surface area contributed by atoms with E-state index in [1.54, 1.807) is 24.3 Å². The Labute approximate surface area is 340 Å². The van der Waals surface area contributed by atoms with Gasteiger partial charge in [0.25, 0.3) is 5.91 Å². The Morgan fingerprint density at radius 2 is 1.63 bits per heavy atom. The smallest absolute Gasteiger partial charge is 0.255 e. The number of piperidine rings is 2. The number of nitrogens with one attached hydrogen (secondary N) is 3. The highest BCUT2D eigenvalue weighted by atomic mass is 79.9. The van der Waals surface area contributed by atoms with Crippen molar-refractivity contribution in [2.45, 2.75) is 45.2 Å². The molecule has 8 rings (SSSR count). The molecule has 1 atom stereocenters. The summed E-state index contributed by atoms with van der Waals surface area (Å²) in [5, 5.41) is 8.93. The van der Waals surface area contributed by atoms with Crippen LogP contribution in [0.1, 0.15) is 58.9 Å². The van der Waals surface area contributed by atoms with E-state index in [1.165, 1.54) is 6.92 Å². The summed E-state index contributed by atoms with van der Waals surface area (Å²) in [4.78, 5) is 67.5. The highest BCUT2D eigenvalue weighted by Gasteiger charge is 2.39. The summed E-state index contributed by atoms with van der Waals surface area (Å²) in [5.41, 5.74) is 5.79. The van der Waals surface area contributed by atoms with Crippen LogP contribution < -0.4 is 30.5 Å². The number of halogens is 1. The third-order valence-corrected chi connectivity index (χ3v) is 12.1. The third kappa shape index (κ3) is 8.30. The predicted molar refractivity (Wildman–Crippen MR) is 222 cm³/mol. The van der Waals surface area contributed by atoms with Crippen molar-refractivity contribution >= 4 is 74.0 Å². The van der Waals surface area contributed by atoms with Gasteiger partial charge >= 0.3 is 0 Å². The fraction of sp³-hybridized carbons (Fsp3) is 0.381. The Balaban J connectivity index is 0.820. The lowest BCUT2D eigenvalue weighted by Crippen LogP contribution is -2.52. The number of anilines is 6. The lowest BCUT2D eigenvalue weighted by atomic mass is 9.95. The van der Waals surface area contributed by atoms with Crippen LogP contribution in [0.5, 0.6) is 5.75 Å². The Kier molecular flexibility index (Phi) is 11.1. The number of para-hydroxylation sites is 1. The number of nitrogens with zero attached hydrogens (tertiary/aromatic N) is 6. The van der Waals surface area contributed by atoms with E-state index in [9.17, 15) is 19.2 Å². The summed E-state index contributed by atoms with van der Waals surface area (Å²) in [6.45, 7) is 8.74. The average Bonchev–Trinajstić information content (AvgIpc) is 3.54. The van der Waals surface area contributed by atoms with E-state index in [-0.39, 0.29) is 29.9 Å². The topological polar surface area (TPSA) is 152 Å². The molecule has 4 aromatic rings. The number of methoxy groups -OCH3 is 1. The molecule has 3 saturated heterocycles. The van der Waals surface area contributed by atoms with Crippen molar-refractivity contribution in [3.8, 4) is 5.75 Å². The summed E-state index contributed by atoms with van der Waals surface area (Å²) in [5.74, 6) is 1.39. The molecule has 15 heteroatoms. The molecule has 0 spiro atoms. The van der Waals surface area contributed by atoms with Gasteiger partial charge in [-0.1, -0.05) is 12.1 Å². The average molecular weight is 837 g/mol. The molecule has 4 aliphatic heterocycles. The number of rotatable bonds is 11. The Morgan fingerprint density at radius 1 is 0.895 bits per heavy atom. The van der Waals surface area contributed by atoms with Crippen LogP contribution in [0.4, 0.5) is 34.5 Å². The molecule has 1 aromatic heterocycles. The summed E-state index contributed by atoms with van der Waals surface area (Å²) < 4.78 is 6.47. The first-order chi connectivity index (χ1) is 27.6. The number of aromatic nitrogens is 2.